The summed E-state index contributed by atoms with van der Waals surface area (Å²) in [5, 5.41) is 4.34. The SMILES string of the molecule is CCNCc1cncc(Oc2cccc3cccnc23)c1. The number of fused-ring (bicyclic) bond motifs is 1. The van der Waals surface area contributed by atoms with Gasteiger partial charge in [-0.3, -0.25) is 9.97 Å². The van der Waals surface area contributed by atoms with Crippen LogP contribution < -0.4 is 10.1 Å². The number of nitrogens with one attached hydrogen (secondary N) is 1. The number of hydrogen-bond donors (Lipinski definition) is 1. The van der Waals surface area contributed by atoms with E-state index in [-0.39, 0.29) is 0 Å². The number of rotatable bonds is 5. The molecule has 0 spiro atoms. The van der Waals surface area contributed by atoms with E-state index >= 15 is 0 Å². The fraction of sp³-hybridized carbons (Fsp3) is 0.176. The van der Waals surface area contributed by atoms with Gasteiger partial charge in [-0.15, -0.1) is 0 Å². The van der Waals surface area contributed by atoms with Gasteiger partial charge in [-0.25, -0.2) is 0 Å². The predicted molar refractivity (Wildman–Crippen MR) is 83.4 cm³/mol. The Balaban J connectivity index is 1.88. The van der Waals surface area contributed by atoms with Gasteiger partial charge in [-0.2, -0.15) is 0 Å². The van der Waals surface area contributed by atoms with Crippen LogP contribution in [-0.4, -0.2) is 16.5 Å². The summed E-state index contributed by atoms with van der Waals surface area (Å²) in [6.07, 6.45) is 5.34. The molecule has 0 atom stereocenters. The predicted octanol–water partition coefficient (Wildman–Crippen LogP) is 3.53. The summed E-state index contributed by atoms with van der Waals surface area (Å²) in [5.74, 6) is 1.47. The molecule has 1 N–H and O–H groups in total. The van der Waals surface area contributed by atoms with Crippen molar-refractivity contribution in [2.45, 2.75) is 13.5 Å². The van der Waals surface area contributed by atoms with E-state index < -0.39 is 0 Å². The number of pyridine rings is 2. The number of aromatic nitrogens is 2. The molecule has 2 heterocycles. The summed E-state index contributed by atoms with van der Waals surface area (Å²) in [7, 11) is 0. The molecule has 0 saturated heterocycles. The molecule has 3 rings (SSSR count). The van der Waals surface area contributed by atoms with Crippen LogP contribution in [0.4, 0.5) is 0 Å². The molecule has 0 radical (unpaired) electrons. The monoisotopic (exact) mass is 279 g/mol. The second kappa shape index (κ2) is 6.33. The van der Waals surface area contributed by atoms with E-state index in [4.69, 9.17) is 4.74 Å². The van der Waals surface area contributed by atoms with Gasteiger partial charge in [0.25, 0.3) is 0 Å². The zero-order valence-electron chi connectivity index (χ0n) is 11.9. The van der Waals surface area contributed by atoms with Gasteiger partial charge in [0.1, 0.15) is 11.3 Å². The molecule has 0 aliphatic heterocycles. The first-order chi connectivity index (χ1) is 10.4. The Morgan fingerprint density at radius 2 is 2.05 bits per heavy atom. The third kappa shape index (κ3) is 3.17. The lowest BCUT2D eigenvalue weighted by Gasteiger charge is -2.09. The highest BCUT2D eigenvalue weighted by molar-refractivity contribution is 5.84. The van der Waals surface area contributed by atoms with Crippen molar-refractivity contribution in [3.8, 4) is 11.5 Å². The van der Waals surface area contributed by atoms with Crippen LogP contribution >= 0.6 is 0 Å². The highest BCUT2D eigenvalue weighted by Crippen LogP contribution is 2.28. The van der Waals surface area contributed by atoms with Crippen LogP contribution in [-0.2, 0) is 6.54 Å². The Labute approximate surface area is 123 Å². The summed E-state index contributed by atoms with van der Waals surface area (Å²) >= 11 is 0. The van der Waals surface area contributed by atoms with Crippen LogP contribution in [0.2, 0.25) is 0 Å². The van der Waals surface area contributed by atoms with Crippen molar-refractivity contribution in [2.24, 2.45) is 0 Å². The number of benzene rings is 1. The van der Waals surface area contributed by atoms with Crippen LogP contribution in [0.1, 0.15) is 12.5 Å². The van der Waals surface area contributed by atoms with Crippen LogP contribution in [0.3, 0.4) is 0 Å². The van der Waals surface area contributed by atoms with Gasteiger partial charge >= 0.3 is 0 Å². The maximum Gasteiger partial charge on any atom is 0.153 e. The Hall–Kier alpha value is -2.46. The first kappa shape index (κ1) is 13.5. The number of ether oxygens (including phenoxy) is 1. The summed E-state index contributed by atoms with van der Waals surface area (Å²) in [4.78, 5) is 8.62. The van der Waals surface area contributed by atoms with Crippen molar-refractivity contribution in [3.63, 3.8) is 0 Å². The lowest BCUT2D eigenvalue weighted by atomic mass is 10.2. The second-order valence-electron chi connectivity index (χ2n) is 4.74. The summed E-state index contributed by atoms with van der Waals surface area (Å²) in [5.41, 5.74) is 1.96. The fourth-order valence-electron chi connectivity index (χ4n) is 2.17. The zero-order valence-corrected chi connectivity index (χ0v) is 11.9. The molecule has 1 aromatic carbocycles. The van der Waals surface area contributed by atoms with Crippen LogP contribution in [0.5, 0.6) is 11.5 Å². The molecule has 2 aromatic heterocycles. The Morgan fingerprint density at radius 1 is 1.14 bits per heavy atom. The summed E-state index contributed by atoms with van der Waals surface area (Å²) in [6, 6.07) is 11.9. The van der Waals surface area contributed by atoms with E-state index in [0.717, 1.165) is 41.1 Å². The van der Waals surface area contributed by atoms with Gasteiger partial charge < -0.3 is 10.1 Å². The van der Waals surface area contributed by atoms with E-state index in [1.807, 2.05) is 42.6 Å². The fourth-order valence-corrected chi connectivity index (χ4v) is 2.17. The average molecular weight is 279 g/mol. The van der Waals surface area contributed by atoms with E-state index in [0.29, 0.717) is 0 Å². The minimum absolute atomic E-state index is 0.726. The van der Waals surface area contributed by atoms with Gasteiger partial charge in [0.2, 0.25) is 0 Å². The van der Waals surface area contributed by atoms with Crippen LogP contribution in [0.25, 0.3) is 10.9 Å². The van der Waals surface area contributed by atoms with Gasteiger partial charge in [0.15, 0.2) is 5.75 Å². The molecule has 0 aliphatic rings. The second-order valence-corrected chi connectivity index (χ2v) is 4.74. The normalized spacial score (nSPS) is 10.7. The number of hydrogen-bond acceptors (Lipinski definition) is 4. The molecule has 3 aromatic rings. The highest BCUT2D eigenvalue weighted by atomic mass is 16.5. The van der Waals surface area contributed by atoms with Crippen molar-refractivity contribution in [3.05, 3.63) is 60.6 Å². The Kier molecular flexibility index (Phi) is 4.07. The van der Waals surface area contributed by atoms with Gasteiger partial charge in [-0.05, 0) is 30.3 Å². The molecule has 0 unspecified atom stereocenters. The smallest absolute Gasteiger partial charge is 0.153 e. The number of para-hydroxylation sites is 1. The highest BCUT2D eigenvalue weighted by Gasteiger charge is 2.05. The summed E-state index contributed by atoms with van der Waals surface area (Å²) < 4.78 is 5.96. The van der Waals surface area contributed by atoms with Crippen molar-refractivity contribution in [2.75, 3.05) is 6.54 Å². The third-order valence-corrected chi connectivity index (χ3v) is 3.17. The van der Waals surface area contributed by atoms with Gasteiger partial charge in [-0.1, -0.05) is 25.1 Å². The lowest BCUT2D eigenvalue weighted by Crippen LogP contribution is -2.11. The zero-order chi connectivity index (χ0) is 14.5. The molecule has 0 amide bonds. The molecule has 0 saturated carbocycles. The number of nitrogens with zero attached hydrogens (tertiary/aromatic N) is 2. The first-order valence-corrected chi connectivity index (χ1v) is 7.03. The van der Waals surface area contributed by atoms with E-state index in [1.165, 1.54) is 0 Å². The first-order valence-electron chi connectivity index (χ1n) is 7.03. The molecule has 4 heteroatoms. The molecule has 0 bridgehead atoms. The topological polar surface area (TPSA) is 47.0 Å². The summed E-state index contributed by atoms with van der Waals surface area (Å²) in [6.45, 7) is 3.79. The molecular formula is C17H17N3O. The van der Waals surface area contributed by atoms with Crippen molar-refractivity contribution >= 4 is 10.9 Å². The molecule has 21 heavy (non-hydrogen) atoms. The van der Waals surface area contributed by atoms with Crippen molar-refractivity contribution in [1.82, 2.24) is 15.3 Å². The lowest BCUT2D eigenvalue weighted by molar-refractivity contribution is 0.483. The quantitative estimate of drug-likeness (QED) is 0.776. The van der Waals surface area contributed by atoms with Crippen molar-refractivity contribution < 1.29 is 4.74 Å². The molecule has 0 aliphatic carbocycles. The Morgan fingerprint density at radius 3 is 2.95 bits per heavy atom. The van der Waals surface area contributed by atoms with Gasteiger partial charge in [0, 0.05) is 24.3 Å². The minimum Gasteiger partial charge on any atom is -0.453 e. The standard InChI is InChI=1S/C17H17N3O/c1-2-18-10-13-9-15(12-19-11-13)21-16-7-3-5-14-6-4-8-20-17(14)16/h3-9,11-12,18H,2,10H2,1H3. The van der Waals surface area contributed by atoms with E-state index in [1.54, 1.807) is 12.4 Å². The largest absolute Gasteiger partial charge is 0.453 e. The third-order valence-electron chi connectivity index (χ3n) is 3.17. The maximum atomic E-state index is 5.96. The molecule has 4 nitrogen and oxygen atoms in total. The van der Waals surface area contributed by atoms with Gasteiger partial charge in [0.05, 0.1) is 6.20 Å². The van der Waals surface area contributed by atoms with E-state index in [9.17, 15) is 0 Å². The Bertz CT molecular complexity index is 737. The molecular weight excluding hydrogens is 262 g/mol. The molecule has 0 fully saturated rings. The average Bonchev–Trinajstić information content (AvgIpc) is 2.54. The van der Waals surface area contributed by atoms with Crippen molar-refractivity contribution in [1.29, 1.82) is 0 Å². The van der Waals surface area contributed by atoms with Crippen LogP contribution in [0.15, 0.2) is 55.0 Å². The minimum atomic E-state index is 0.726. The van der Waals surface area contributed by atoms with E-state index in [2.05, 4.69) is 22.2 Å². The molecule has 106 valence electrons. The maximum absolute atomic E-state index is 5.96. The van der Waals surface area contributed by atoms with Crippen LogP contribution in [0, 0.1) is 0 Å².